The van der Waals surface area contributed by atoms with Gasteiger partial charge in [0.15, 0.2) is 0 Å². The summed E-state index contributed by atoms with van der Waals surface area (Å²) in [6.07, 6.45) is 1.65. The lowest BCUT2D eigenvalue weighted by atomic mass is 10.2. The maximum absolute atomic E-state index is 12.0. The van der Waals surface area contributed by atoms with E-state index in [9.17, 15) is 14.9 Å². The van der Waals surface area contributed by atoms with E-state index in [1.54, 1.807) is 24.3 Å². The summed E-state index contributed by atoms with van der Waals surface area (Å²) in [5.74, 6) is -0.0240. The molecule has 1 atom stereocenters. The molecule has 1 aromatic rings. The lowest BCUT2D eigenvalue weighted by Gasteiger charge is -2.38. The van der Waals surface area contributed by atoms with Gasteiger partial charge in [0.05, 0.1) is 11.0 Å². The highest BCUT2D eigenvalue weighted by atomic mass is 16.6. The van der Waals surface area contributed by atoms with Crippen LogP contribution in [0.15, 0.2) is 36.9 Å². The molecule has 1 amide bonds. The first kappa shape index (κ1) is 17.0. The average Bonchev–Trinajstić information content (AvgIpc) is 2.59. The number of hydrogen-bond donors (Lipinski definition) is 1. The second-order valence-corrected chi connectivity index (χ2v) is 5.48. The molecule has 1 aliphatic rings. The summed E-state index contributed by atoms with van der Waals surface area (Å²) < 4.78 is 0. The van der Waals surface area contributed by atoms with Crippen LogP contribution in [0, 0.1) is 10.1 Å². The number of nitro benzene ring substituents is 1. The predicted molar refractivity (Wildman–Crippen MR) is 89.6 cm³/mol. The Hall–Kier alpha value is -2.41. The van der Waals surface area contributed by atoms with Crippen LogP contribution < -0.4 is 10.2 Å². The number of nitrogens with zero attached hydrogens (tertiary/aromatic N) is 3. The number of rotatable bonds is 6. The van der Waals surface area contributed by atoms with Gasteiger partial charge in [-0.3, -0.25) is 19.8 Å². The molecule has 1 saturated heterocycles. The summed E-state index contributed by atoms with van der Waals surface area (Å²) in [4.78, 5) is 26.9. The number of amides is 1. The van der Waals surface area contributed by atoms with Gasteiger partial charge < -0.3 is 10.2 Å². The lowest BCUT2D eigenvalue weighted by molar-refractivity contribution is -0.384. The number of benzene rings is 1. The molecule has 0 saturated carbocycles. The fourth-order valence-corrected chi connectivity index (χ4v) is 2.72. The van der Waals surface area contributed by atoms with E-state index in [0.29, 0.717) is 38.4 Å². The second kappa shape index (κ2) is 7.73. The summed E-state index contributed by atoms with van der Waals surface area (Å²) in [6.45, 7) is 8.60. The molecule has 2 rings (SSSR count). The summed E-state index contributed by atoms with van der Waals surface area (Å²) in [6, 6.07) is 6.55. The molecular formula is C16H22N4O3. The highest BCUT2D eigenvalue weighted by Gasteiger charge is 2.27. The van der Waals surface area contributed by atoms with Gasteiger partial charge in [-0.05, 0) is 13.0 Å². The zero-order chi connectivity index (χ0) is 16.8. The zero-order valence-electron chi connectivity index (χ0n) is 13.3. The van der Waals surface area contributed by atoms with Crippen LogP contribution >= 0.6 is 0 Å². The van der Waals surface area contributed by atoms with Crippen molar-refractivity contribution in [1.82, 2.24) is 10.2 Å². The van der Waals surface area contributed by atoms with E-state index in [1.807, 2.05) is 11.8 Å². The highest BCUT2D eigenvalue weighted by molar-refractivity contribution is 5.81. The number of carbonyl (C=O) groups is 1. The van der Waals surface area contributed by atoms with Crippen LogP contribution in [0.1, 0.15) is 6.92 Å². The van der Waals surface area contributed by atoms with Crippen LogP contribution in [0.4, 0.5) is 11.4 Å². The van der Waals surface area contributed by atoms with Gasteiger partial charge in [-0.2, -0.15) is 0 Å². The third-order valence-electron chi connectivity index (χ3n) is 4.08. The Balaban J connectivity index is 1.97. The van der Waals surface area contributed by atoms with Gasteiger partial charge in [-0.15, -0.1) is 6.58 Å². The minimum atomic E-state index is -0.354. The average molecular weight is 318 g/mol. The van der Waals surface area contributed by atoms with Crippen molar-refractivity contribution in [2.24, 2.45) is 0 Å². The van der Waals surface area contributed by atoms with Crippen LogP contribution in [0.3, 0.4) is 0 Å². The van der Waals surface area contributed by atoms with Crippen LogP contribution in [-0.2, 0) is 4.79 Å². The molecule has 0 radical (unpaired) electrons. The molecule has 0 aliphatic carbocycles. The van der Waals surface area contributed by atoms with E-state index in [-0.39, 0.29) is 22.6 Å². The van der Waals surface area contributed by atoms with Crippen LogP contribution in [-0.4, -0.2) is 54.5 Å². The monoisotopic (exact) mass is 318 g/mol. The third kappa shape index (κ3) is 4.07. The fourth-order valence-electron chi connectivity index (χ4n) is 2.72. The second-order valence-electron chi connectivity index (χ2n) is 5.48. The molecule has 1 fully saturated rings. The van der Waals surface area contributed by atoms with Crippen LogP contribution in [0.25, 0.3) is 0 Å². The van der Waals surface area contributed by atoms with Crippen molar-refractivity contribution in [3.8, 4) is 0 Å². The Morgan fingerprint density at radius 1 is 1.39 bits per heavy atom. The zero-order valence-corrected chi connectivity index (χ0v) is 13.3. The highest BCUT2D eigenvalue weighted by Crippen LogP contribution is 2.28. The minimum Gasteiger partial charge on any atom is -0.363 e. The van der Waals surface area contributed by atoms with Gasteiger partial charge in [0, 0.05) is 38.8 Å². The summed E-state index contributed by atoms with van der Waals surface area (Å²) in [5, 5.41) is 13.9. The number of piperazine rings is 1. The molecule has 1 aliphatic heterocycles. The van der Waals surface area contributed by atoms with Crippen molar-refractivity contribution >= 4 is 17.3 Å². The summed E-state index contributed by atoms with van der Waals surface area (Å²) in [7, 11) is 0. The molecular weight excluding hydrogens is 296 g/mol. The van der Waals surface area contributed by atoms with Gasteiger partial charge in [0.2, 0.25) is 5.91 Å². The topological polar surface area (TPSA) is 78.7 Å². The van der Waals surface area contributed by atoms with Crippen molar-refractivity contribution in [1.29, 1.82) is 0 Å². The van der Waals surface area contributed by atoms with Crippen molar-refractivity contribution in [3.63, 3.8) is 0 Å². The largest absolute Gasteiger partial charge is 0.363 e. The molecule has 0 spiro atoms. The number of nitro groups is 1. The standard InChI is InChI=1S/C16H22N4O3/c1-3-8-17-16(21)13(2)18-9-11-19(12-10-18)14-6-4-5-7-15(14)20(22)23/h3-7,13H,1,8-12H2,2H3,(H,17,21). The van der Waals surface area contributed by atoms with E-state index >= 15 is 0 Å². The summed E-state index contributed by atoms with van der Waals surface area (Å²) in [5.41, 5.74) is 0.763. The Bertz CT molecular complexity index is 582. The van der Waals surface area contributed by atoms with E-state index in [2.05, 4.69) is 16.8 Å². The van der Waals surface area contributed by atoms with E-state index in [1.165, 1.54) is 6.07 Å². The molecule has 7 nitrogen and oxygen atoms in total. The fraction of sp³-hybridized carbons (Fsp3) is 0.438. The number of hydrogen-bond acceptors (Lipinski definition) is 5. The molecule has 0 bridgehead atoms. The molecule has 1 unspecified atom stereocenters. The van der Waals surface area contributed by atoms with Crippen molar-refractivity contribution < 1.29 is 9.72 Å². The van der Waals surface area contributed by atoms with Gasteiger partial charge in [0.25, 0.3) is 5.69 Å². The van der Waals surface area contributed by atoms with E-state index in [4.69, 9.17) is 0 Å². The van der Waals surface area contributed by atoms with Gasteiger partial charge in [0.1, 0.15) is 5.69 Å². The van der Waals surface area contributed by atoms with Crippen molar-refractivity contribution in [2.75, 3.05) is 37.6 Å². The van der Waals surface area contributed by atoms with Crippen molar-refractivity contribution in [3.05, 3.63) is 47.0 Å². The molecule has 1 heterocycles. The Kier molecular flexibility index (Phi) is 5.70. The molecule has 1 N–H and O–H groups in total. The summed E-state index contributed by atoms with van der Waals surface area (Å²) >= 11 is 0. The van der Waals surface area contributed by atoms with Gasteiger partial charge >= 0.3 is 0 Å². The quantitative estimate of drug-likeness (QED) is 0.487. The first-order valence-electron chi connectivity index (χ1n) is 7.65. The predicted octanol–water partition coefficient (Wildman–Crippen LogP) is 1.41. The number of para-hydroxylation sites is 2. The Morgan fingerprint density at radius 3 is 2.65 bits per heavy atom. The Morgan fingerprint density at radius 2 is 2.04 bits per heavy atom. The first-order valence-corrected chi connectivity index (χ1v) is 7.65. The maximum Gasteiger partial charge on any atom is 0.292 e. The normalized spacial score (nSPS) is 16.7. The molecule has 0 aromatic heterocycles. The smallest absolute Gasteiger partial charge is 0.292 e. The van der Waals surface area contributed by atoms with E-state index in [0.717, 1.165) is 0 Å². The van der Waals surface area contributed by atoms with Crippen LogP contribution in [0.5, 0.6) is 0 Å². The minimum absolute atomic E-state index is 0.0240. The Labute approximate surface area is 135 Å². The molecule has 124 valence electrons. The third-order valence-corrected chi connectivity index (χ3v) is 4.08. The molecule has 1 aromatic carbocycles. The first-order chi connectivity index (χ1) is 11.0. The number of carbonyl (C=O) groups excluding carboxylic acids is 1. The number of nitrogens with one attached hydrogen (secondary N) is 1. The van der Waals surface area contributed by atoms with Crippen molar-refractivity contribution in [2.45, 2.75) is 13.0 Å². The van der Waals surface area contributed by atoms with Crippen LogP contribution in [0.2, 0.25) is 0 Å². The van der Waals surface area contributed by atoms with Gasteiger partial charge in [-0.25, -0.2) is 0 Å². The lowest BCUT2D eigenvalue weighted by Crippen LogP contribution is -2.54. The van der Waals surface area contributed by atoms with Gasteiger partial charge in [-0.1, -0.05) is 18.2 Å². The maximum atomic E-state index is 12.0. The SMILES string of the molecule is C=CCNC(=O)C(C)N1CCN(c2ccccc2[N+](=O)[O-])CC1. The molecule has 23 heavy (non-hydrogen) atoms. The molecule has 7 heteroatoms. The van der Waals surface area contributed by atoms with E-state index < -0.39 is 0 Å². The number of anilines is 1.